The summed E-state index contributed by atoms with van der Waals surface area (Å²) in [5, 5.41) is 3.59. The Morgan fingerprint density at radius 1 is 1.24 bits per heavy atom. The van der Waals surface area contributed by atoms with Crippen molar-refractivity contribution in [2.24, 2.45) is 11.8 Å². The molecule has 0 radical (unpaired) electrons. The van der Waals surface area contributed by atoms with Crippen LogP contribution < -0.4 is 10.1 Å². The lowest BCUT2D eigenvalue weighted by Crippen LogP contribution is -2.33. The fourth-order valence-corrected chi connectivity index (χ4v) is 3.80. The molecule has 3 nitrogen and oxygen atoms in total. The largest absolute Gasteiger partial charge is 0.490 e. The highest BCUT2D eigenvalue weighted by atomic mass is 16.5. The Balaban J connectivity index is 1.45. The molecule has 0 bridgehead atoms. The number of benzene rings is 1. The third-order valence-electron chi connectivity index (χ3n) is 5.28. The van der Waals surface area contributed by atoms with Crippen molar-refractivity contribution < 1.29 is 4.74 Å². The zero-order valence-electron chi connectivity index (χ0n) is 15.4. The monoisotopic (exact) mass is 338 g/mol. The molecule has 1 fully saturated rings. The van der Waals surface area contributed by atoms with Gasteiger partial charge in [-0.2, -0.15) is 0 Å². The Hall–Kier alpha value is -1.87. The molecule has 3 rings (SSSR count). The van der Waals surface area contributed by atoms with Crippen LogP contribution in [0, 0.1) is 18.8 Å². The maximum absolute atomic E-state index is 6.26. The predicted molar refractivity (Wildman–Crippen MR) is 103 cm³/mol. The van der Waals surface area contributed by atoms with Crippen molar-refractivity contribution in [3.05, 3.63) is 59.9 Å². The summed E-state index contributed by atoms with van der Waals surface area (Å²) in [4.78, 5) is 4.17. The van der Waals surface area contributed by atoms with Crippen LogP contribution in [0.3, 0.4) is 0 Å². The molecule has 0 saturated heterocycles. The molecule has 1 aromatic carbocycles. The normalized spacial score (nSPS) is 21.7. The summed E-state index contributed by atoms with van der Waals surface area (Å²) >= 11 is 0. The summed E-state index contributed by atoms with van der Waals surface area (Å²) in [6.07, 6.45) is 9.06. The lowest BCUT2D eigenvalue weighted by molar-refractivity contribution is 0.102. The summed E-state index contributed by atoms with van der Waals surface area (Å²) < 4.78 is 6.26. The standard InChI is InChI=1S/C22H30N2O/c1-17-6-3-9-21(12-17)25-22-10-4-8-20(13-22)18(2)14-24-16-19-7-5-11-23-15-19/h3,5-7,9,11-12,15,18,20,22,24H,4,8,10,13-14,16H2,1-2H3/t18?,20-,22+/m0/s1. The summed E-state index contributed by atoms with van der Waals surface area (Å²) in [5.74, 6) is 2.43. The molecule has 0 aliphatic heterocycles. The maximum atomic E-state index is 6.26. The highest BCUT2D eigenvalue weighted by Crippen LogP contribution is 2.32. The number of ether oxygens (including phenoxy) is 1. The second-order valence-electron chi connectivity index (χ2n) is 7.45. The third-order valence-corrected chi connectivity index (χ3v) is 5.28. The number of hydrogen-bond donors (Lipinski definition) is 1. The Labute approximate surface area is 151 Å². The van der Waals surface area contributed by atoms with Crippen molar-refractivity contribution in [1.29, 1.82) is 0 Å². The predicted octanol–water partition coefficient (Wildman–Crippen LogP) is 4.75. The summed E-state index contributed by atoms with van der Waals surface area (Å²) in [6, 6.07) is 12.5. The zero-order valence-corrected chi connectivity index (χ0v) is 15.4. The number of rotatable bonds is 7. The molecule has 134 valence electrons. The van der Waals surface area contributed by atoms with Gasteiger partial charge in [0.25, 0.3) is 0 Å². The number of hydrogen-bond acceptors (Lipinski definition) is 3. The van der Waals surface area contributed by atoms with Crippen LogP contribution in [0.1, 0.15) is 43.7 Å². The number of aryl methyl sites for hydroxylation is 1. The molecule has 0 spiro atoms. The van der Waals surface area contributed by atoms with Crippen molar-refractivity contribution in [2.75, 3.05) is 6.54 Å². The van der Waals surface area contributed by atoms with E-state index in [1.165, 1.54) is 36.8 Å². The lowest BCUT2D eigenvalue weighted by Gasteiger charge is -2.33. The minimum absolute atomic E-state index is 0.362. The Morgan fingerprint density at radius 3 is 2.96 bits per heavy atom. The van der Waals surface area contributed by atoms with Gasteiger partial charge < -0.3 is 10.1 Å². The van der Waals surface area contributed by atoms with Gasteiger partial charge in [-0.3, -0.25) is 4.98 Å². The van der Waals surface area contributed by atoms with E-state index in [2.05, 4.69) is 54.5 Å². The first-order valence-electron chi connectivity index (χ1n) is 9.53. The first-order valence-corrected chi connectivity index (χ1v) is 9.53. The summed E-state index contributed by atoms with van der Waals surface area (Å²) in [5.41, 5.74) is 2.51. The van der Waals surface area contributed by atoms with Gasteiger partial charge in [0.2, 0.25) is 0 Å². The Kier molecular flexibility index (Phi) is 6.46. The molecule has 3 heteroatoms. The molecule has 25 heavy (non-hydrogen) atoms. The molecule has 1 aliphatic rings. The van der Waals surface area contributed by atoms with Gasteiger partial charge in [0, 0.05) is 18.9 Å². The van der Waals surface area contributed by atoms with Crippen LogP contribution in [0.25, 0.3) is 0 Å². The van der Waals surface area contributed by atoms with Gasteiger partial charge in [-0.1, -0.05) is 25.1 Å². The quantitative estimate of drug-likeness (QED) is 0.791. The lowest BCUT2D eigenvalue weighted by atomic mass is 9.79. The van der Waals surface area contributed by atoms with Crippen LogP contribution in [0.15, 0.2) is 48.8 Å². The highest BCUT2D eigenvalue weighted by molar-refractivity contribution is 5.27. The zero-order chi connectivity index (χ0) is 17.5. The van der Waals surface area contributed by atoms with E-state index in [1.54, 1.807) is 0 Å². The first-order chi connectivity index (χ1) is 12.2. The summed E-state index contributed by atoms with van der Waals surface area (Å²) in [6.45, 7) is 6.44. The van der Waals surface area contributed by atoms with Crippen LogP contribution in [0.5, 0.6) is 5.75 Å². The van der Waals surface area contributed by atoms with Gasteiger partial charge in [-0.25, -0.2) is 0 Å². The molecule has 1 unspecified atom stereocenters. The van der Waals surface area contributed by atoms with Crippen LogP contribution in [0.2, 0.25) is 0 Å². The van der Waals surface area contributed by atoms with Gasteiger partial charge >= 0.3 is 0 Å². The molecule has 1 heterocycles. The average Bonchev–Trinajstić information content (AvgIpc) is 2.63. The molecule has 3 atom stereocenters. The van der Waals surface area contributed by atoms with Crippen molar-refractivity contribution >= 4 is 0 Å². The Bertz CT molecular complexity index is 643. The van der Waals surface area contributed by atoms with Gasteiger partial charge in [-0.15, -0.1) is 0 Å². The van der Waals surface area contributed by atoms with Crippen LogP contribution in [0.4, 0.5) is 0 Å². The van der Waals surface area contributed by atoms with E-state index in [1.807, 2.05) is 18.5 Å². The molecule has 1 N–H and O–H groups in total. The topological polar surface area (TPSA) is 34.1 Å². The minimum Gasteiger partial charge on any atom is -0.490 e. The van der Waals surface area contributed by atoms with E-state index >= 15 is 0 Å². The third kappa shape index (κ3) is 5.57. The fourth-order valence-electron chi connectivity index (χ4n) is 3.80. The fraction of sp³-hybridized carbons (Fsp3) is 0.500. The average molecular weight is 338 g/mol. The minimum atomic E-state index is 0.362. The SMILES string of the molecule is Cc1cccc(O[C@@H]2CCC[C@H](C(C)CNCc3cccnc3)C2)c1. The van der Waals surface area contributed by atoms with E-state index in [4.69, 9.17) is 4.74 Å². The number of pyridine rings is 1. The van der Waals surface area contributed by atoms with E-state index in [0.717, 1.165) is 24.8 Å². The van der Waals surface area contributed by atoms with Gasteiger partial charge in [0.05, 0.1) is 6.10 Å². The van der Waals surface area contributed by atoms with Crippen molar-refractivity contribution in [3.8, 4) is 5.75 Å². The van der Waals surface area contributed by atoms with Crippen LogP contribution in [-0.2, 0) is 6.54 Å². The van der Waals surface area contributed by atoms with Gasteiger partial charge in [0.15, 0.2) is 0 Å². The van der Waals surface area contributed by atoms with E-state index in [9.17, 15) is 0 Å². The van der Waals surface area contributed by atoms with Crippen molar-refractivity contribution in [1.82, 2.24) is 10.3 Å². The molecular weight excluding hydrogens is 308 g/mol. The van der Waals surface area contributed by atoms with E-state index in [0.29, 0.717) is 12.0 Å². The molecule has 1 aromatic heterocycles. The Morgan fingerprint density at radius 2 is 2.16 bits per heavy atom. The van der Waals surface area contributed by atoms with E-state index < -0.39 is 0 Å². The molecular formula is C22H30N2O. The van der Waals surface area contributed by atoms with Gasteiger partial charge in [0.1, 0.15) is 5.75 Å². The van der Waals surface area contributed by atoms with E-state index in [-0.39, 0.29) is 0 Å². The summed E-state index contributed by atoms with van der Waals surface area (Å²) in [7, 11) is 0. The number of aromatic nitrogens is 1. The molecule has 0 amide bonds. The number of nitrogens with one attached hydrogen (secondary N) is 1. The molecule has 1 aliphatic carbocycles. The second kappa shape index (κ2) is 9.00. The smallest absolute Gasteiger partial charge is 0.119 e. The number of nitrogens with zero attached hydrogens (tertiary/aromatic N) is 1. The van der Waals surface area contributed by atoms with Crippen LogP contribution in [-0.4, -0.2) is 17.6 Å². The first kappa shape index (κ1) is 17.9. The molecule has 1 saturated carbocycles. The second-order valence-corrected chi connectivity index (χ2v) is 7.45. The van der Waals surface area contributed by atoms with Gasteiger partial charge in [-0.05, 0) is 80.3 Å². The van der Waals surface area contributed by atoms with Crippen molar-refractivity contribution in [3.63, 3.8) is 0 Å². The maximum Gasteiger partial charge on any atom is 0.119 e. The van der Waals surface area contributed by atoms with Crippen molar-refractivity contribution in [2.45, 2.75) is 52.2 Å². The van der Waals surface area contributed by atoms with Crippen LogP contribution >= 0.6 is 0 Å². The highest BCUT2D eigenvalue weighted by Gasteiger charge is 2.27. The molecule has 2 aromatic rings.